The van der Waals surface area contributed by atoms with Crippen molar-refractivity contribution in [2.45, 2.75) is 5.41 Å². The first-order chi connectivity index (χ1) is 53.6. The molecule has 2 aromatic heterocycles. The van der Waals surface area contributed by atoms with E-state index in [4.69, 9.17) is 19.9 Å². The van der Waals surface area contributed by atoms with Gasteiger partial charge in [0.2, 0.25) is 0 Å². The Hall–Kier alpha value is -14.3. The van der Waals surface area contributed by atoms with Gasteiger partial charge >= 0.3 is 0 Å². The minimum Gasteiger partial charge on any atom is -0.292 e. The lowest BCUT2D eigenvalue weighted by Gasteiger charge is -2.30. The van der Waals surface area contributed by atoms with Crippen LogP contribution in [0.5, 0.6) is 0 Å². The van der Waals surface area contributed by atoms with E-state index >= 15 is 0 Å². The van der Waals surface area contributed by atoms with Crippen LogP contribution in [0.25, 0.3) is 195 Å². The molecule has 1 spiro atoms. The highest BCUT2D eigenvalue weighted by molar-refractivity contribution is 6.29. The van der Waals surface area contributed by atoms with Crippen molar-refractivity contribution >= 4 is 32.6 Å². The third-order valence-corrected chi connectivity index (χ3v) is 22.8. The molecule has 0 bridgehead atoms. The van der Waals surface area contributed by atoms with Crippen molar-refractivity contribution in [2.24, 2.45) is 0 Å². The van der Waals surface area contributed by atoms with Crippen molar-refractivity contribution in [3.63, 3.8) is 0 Å². The monoisotopic (exact) mass is 1370 g/mol. The summed E-state index contributed by atoms with van der Waals surface area (Å²) in [7, 11) is 0. The molecule has 0 N–H and O–H groups in total. The average molecular weight is 1370 g/mol. The maximum Gasteiger partial charge on any atom is 0.164 e. The maximum absolute atomic E-state index is 5.46. The van der Waals surface area contributed by atoms with Crippen molar-refractivity contribution in [1.82, 2.24) is 24.5 Å². The van der Waals surface area contributed by atoms with Crippen LogP contribution in [0.4, 0.5) is 0 Å². The van der Waals surface area contributed by atoms with E-state index in [1.807, 2.05) is 0 Å². The predicted molar refractivity (Wildman–Crippen MR) is 445 cm³/mol. The fourth-order valence-electron chi connectivity index (χ4n) is 18.1. The van der Waals surface area contributed by atoms with Gasteiger partial charge in [-0.1, -0.05) is 340 Å². The van der Waals surface area contributed by atoms with E-state index in [0.29, 0.717) is 17.5 Å². The van der Waals surface area contributed by atoms with E-state index in [2.05, 4.69) is 387 Å². The Kier molecular flexibility index (Phi) is 13.9. The summed E-state index contributed by atoms with van der Waals surface area (Å²) < 4.78 is 2.33. The molecular weight excluding hydrogens is 1310 g/mol. The van der Waals surface area contributed by atoms with Gasteiger partial charge in [-0.15, -0.1) is 0 Å². The Morgan fingerprint density at radius 1 is 0.204 bits per heavy atom. The number of rotatable bonds is 11. The van der Waals surface area contributed by atoms with E-state index in [0.717, 1.165) is 83.7 Å². The molecule has 22 rings (SSSR count). The van der Waals surface area contributed by atoms with Gasteiger partial charge in [0.15, 0.2) is 17.5 Å². The van der Waals surface area contributed by atoms with Crippen LogP contribution in [0.1, 0.15) is 22.3 Å². The Bertz CT molecular complexity index is 6740. The summed E-state index contributed by atoms with van der Waals surface area (Å²) in [5, 5.41) is 5.01. The zero-order chi connectivity index (χ0) is 71.0. The number of imidazole rings is 1. The molecule has 17 aromatic carbocycles. The summed E-state index contributed by atoms with van der Waals surface area (Å²) in [6.45, 7) is 0. The molecule has 0 amide bonds. The highest BCUT2D eigenvalue weighted by atomic mass is 15.1. The number of aromatic nitrogens is 5. The van der Waals surface area contributed by atoms with Crippen LogP contribution in [0.2, 0.25) is 0 Å². The lowest BCUT2D eigenvalue weighted by molar-refractivity contribution is 0.794. The van der Waals surface area contributed by atoms with Gasteiger partial charge in [0.25, 0.3) is 0 Å². The number of fused-ring (bicyclic) bond motifs is 15. The number of para-hydroxylation sites is 2. The summed E-state index contributed by atoms with van der Waals surface area (Å²) >= 11 is 0. The minimum atomic E-state index is -0.512. The van der Waals surface area contributed by atoms with Gasteiger partial charge in [-0.2, -0.15) is 0 Å². The lowest BCUT2D eigenvalue weighted by atomic mass is 9.70. The van der Waals surface area contributed by atoms with Crippen molar-refractivity contribution in [1.29, 1.82) is 0 Å². The standard InChI is InChI=1S/C103H63N5/c1-4-24-64(25-5-1)65-48-52-69(53-49-65)99-105-100(107-101(106-99)75-56-57-82-81-38-14-17-45-90(81)103(91(82)63-75)88-43-15-12-36-79(88)80-37-13-16-44-89(80)103)70-54-50-66(51-55-70)71-30-20-31-72(60-71)73-32-22-35-77(62-73)108-93-47-19-18-46-92(93)104-102(108)76-34-21-33-74(61-76)78-58-59-87-96-83(78)41-23-42-86(96)97-94(67-26-6-2-7-27-67)84-39-10-11-40-85(84)95(98(87)97)68-28-8-3-9-29-68/h1-63H. The van der Waals surface area contributed by atoms with Crippen LogP contribution in [0.3, 0.4) is 0 Å². The van der Waals surface area contributed by atoms with E-state index in [9.17, 15) is 0 Å². The minimum absolute atomic E-state index is 0.512. The largest absolute Gasteiger partial charge is 0.292 e. The summed E-state index contributed by atoms with van der Waals surface area (Å²) in [4.78, 5) is 21.6. The van der Waals surface area contributed by atoms with E-state index in [1.165, 1.54) is 116 Å². The highest BCUT2D eigenvalue weighted by Crippen LogP contribution is 2.64. The van der Waals surface area contributed by atoms with Crippen LogP contribution < -0.4 is 0 Å². The Morgan fingerprint density at radius 2 is 0.583 bits per heavy atom. The van der Waals surface area contributed by atoms with E-state index in [1.54, 1.807) is 0 Å². The molecule has 0 atom stereocenters. The molecule has 5 nitrogen and oxygen atoms in total. The summed E-state index contributed by atoms with van der Waals surface area (Å²) in [5.41, 5.74) is 35.4. The van der Waals surface area contributed by atoms with E-state index in [-0.39, 0.29) is 0 Å². The molecular formula is C103H63N5. The Morgan fingerprint density at radius 3 is 1.19 bits per heavy atom. The molecule has 108 heavy (non-hydrogen) atoms. The average Bonchev–Trinajstić information content (AvgIpc) is 1.51. The molecule has 0 saturated carbocycles. The van der Waals surface area contributed by atoms with Crippen molar-refractivity contribution < 1.29 is 0 Å². The number of hydrogen-bond donors (Lipinski definition) is 0. The fourth-order valence-corrected chi connectivity index (χ4v) is 18.1. The van der Waals surface area contributed by atoms with Gasteiger partial charge in [-0.25, -0.2) is 19.9 Å². The first-order valence-electron chi connectivity index (χ1n) is 37.1. The maximum atomic E-state index is 5.46. The highest BCUT2D eigenvalue weighted by Gasteiger charge is 2.51. The SMILES string of the molecule is c1ccc(-c2ccc(-c3nc(-c4ccc(-c5cccc(-c6cccc(-n7c(-c8cccc(-c9ccc%10c%11c(cccc9%11)-c9c-%10c(-c%10ccccc%10)c%10ccccc%10c9-c9ccccc9)c8)nc8ccccc87)c6)c5)cc4)nc(-c4ccc5c(c4)C4(c6ccccc6-c6ccccc64)c4ccccc4-5)n3)cc2)cc1. The van der Waals surface area contributed by atoms with Crippen LogP contribution in [0.15, 0.2) is 382 Å². The third kappa shape index (κ3) is 9.45. The molecule has 5 heteroatoms. The second kappa shape index (κ2) is 24.4. The van der Waals surface area contributed by atoms with Crippen LogP contribution in [0, 0.1) is 0 Å². The van der Waals surface area contributed by atoms with Gasteiger partial charge in [-0.05, 0) is 198 Å². The summed E-state index contributed by atoms with van der Waals surface area (Å²) in [6.07, 6.45) is 0. The molecule has 3 aliphatic carbocycles. The van der Waals surface area contributed by atoms with Crippen molar-refractivity contribution in [2.75, 3.05) is 0 Å². The molecule has 19 aromatic rings. The molecule has 0 unspecified atom stereocenters. The fraction of sp³-hybridized carbons (Fsp3) is 0.00971. The van der Waals surface area contributed by atoms with Crippen LogP contribution in [-0.2, 0) is 5.41 Å². The molecule has 2 heterocycles. The van der Waals surface area contributed by atoms with Crippen molar-refractivity contribution in [3.8, 4) is 163 Å². The molecule has 500 valence electrons. The topological polar surface area (TPSA) is 56.5 Å². The van der Waals surface area contributed by atoms with Gasteiger partial charge in [0.05, 0.1) is 16.4 Å². The Labute approximate surface area is 625 Å². The molecule has 3 aliphatic rings. The predicted octanol–water partition coefficient (Wildman–Crippen LogP) is 26.2. The quantitative estimate of drug-likeness (QED) is 0.129. The van der Waals surface area contributed by atoms with Gasteiger partial charge in [-0.3, -0.25) is 4.57 Å². The zero-order valence-electron chi connectivity index (χ0n) is 58.6. The van der Waals surface area contributed by atoms with Gasteiger partial charge in [0.1, 0.15) is 5.82 Å². The molecule has 0 aliphatic heterocycles. The first kappa shape index (κ1) is 61.2. The summed E-state index contributed by atoms with van der Waals surface area (Å²) in [6, 6.07) is 139. The van der Waals surface area contributed by atoms with E-state index < -0.39 is 5.41 Å². The van der Waals surface area contributed by atoms with Crippen LogP contribution >= 0.6 is 0 Å². The first-order valence-corrected chi connectivity index (χ1v) is 37.1. The zero-order valence-corrected chi connectivity index (χ0v) is 58.6. The second-order valence-electron chi connectivity index (χ2n) is 28.6. The number of hydrogen-bond acceptors (Lipinski definition) is 4. The Balaban J connectivity index is 0.611. The smallest absolute Gasteiger partial charge is 0.164 e. The molecule has 0 fully saturated rings. The number of benzene rings is 17. The normalized spacial score (nSPS) is 12.5. The van der Waals surface area contributed by atoms with Gasteiger partial charge < -0.3 is 0 Å². The van der Waals surface area contributed by atoms with Crippen LogP contribution in [-0.4, -0.2) is 24.5 Å². The van der Waals surface area contributed by atoms with Crippen molar-refractivity contribution in [3.05, 3.63) is 404 Å². The lowest BCUT2D eigenvalue weighted by Crippen LogP contribution is -2.25. The molecule has 0 saturated heterocycles. The molecule has 0 radical (unpaired) electrons. The van der Waals surface area contributed by atoms with Gasteiger partial charge in [0, 0.05) is 27.9 Å². The summed E-state index contributed by atoms with van der Waals surface area (Å²) in [5.74, 6) is 2.70. The second-order valence-corrected chi connectivity index (χ2v) is 28.6. The third-order valence-electron chi connectivity index (χ3n) is 22.8. The number of nitrogens with zero attached hydrogens (tertiary/aromatic N) is 5.